The molecule has 2 aromatic carbocycles. The molecule has 0 aliphatic heterocycles. The van der Waals surface area contributed by atoms with E-state index in [1.165, 1.54) is 17.7 Å². The van der Waals surface area contributed by atoms with E-state index in [1.807, 2.05) is 12.1 Å². The van der Waals surface area contributed by atoms with Crippen LogP contribution in [0.5, 0.6) is 0 Å². The number of halogens is 1. The summed E-state index contributed by atoms with van der Waals surface area (Å²) in [4.78, 5) is 4.57. The van der Waals surface area contributed by atoms with E-state index in [0.717, 1.165) is 32.2 Å². The van der Waals surface area contributed by atoms with Crippen LogP contribution >= 0.6 is 0 Å². The van der Waals surface area contributed by atoms with E-state index in [9.17, 15) is 4.39 Å². The Labute approximate surface area is 168 Å². The molecule has 5 rings (SSSR count). The lowest BCUT2D eigenvalue weighted by Gasteiger charge is -2.39. The van der Waals surface area contributed by atoms with Gasteiger partial charge in [-0.1, -0.05) is 41.9 Å². The number of aromatic nitrogens is 2. The molecule has 6 heteroatoms. The van der Waals surface area contributed by atoms with Crippen LogP contribution in [0.3, 0.4) is 0 Å². The molecule has 1 unspecified atom stereocenters. The second-order valence-electron chi connectivity index (χ2n) is 8.14. The second kappa shape index (κ2) is 7.09. The third-order valence-electron chi connectivity index (χ3n) is 6.21. The van der Waals surface area contributed by atoms with Gasteiger partial charge in [-0.3, -0.25) is 0 Å². The summed E-state index contributed by atoms with van der Waals surface area (Å²) in [6.07, 6.45) is 4.30. The zero-order valence-corrected chi connectivity index (χ0v) is 15.9. The normalized spacial score (nSPS) is 21.9. The van der Waals surface area contributed by atoms with Gasteiger partial charge in [0.2, 0.25) is 0 Å². The molecule has 146 valence electrons. The van der Waals surface area contributed by atoms with Gasteiger partial charge in [-0.25, -0.2) is 4.39 Å². The first kappa shape index (κ1) is 18.0. The van der Waals surface area contributed by atoms with Crippen molar-refractivity contribution in [2.45, 2.75) is 43.1 Å². The molecule has 5 nitrogen and oxygen atoms in total. The van der Waals surface area contributed by atoms with Gasteiger partial charge in [-0.15, -0.1) is 0 Å². The van der Waals surface area contributed by atoms with E-state index >= 15 is 0 Å². The molecule has 0 radical (unpaired) electrons. The Morgan fingerprint density at radius 3 is 2.76 bits per heavy atom. The molecule has 0 bridgehead atoms. The van der Waals surface area contributed by atoms with Crippen molar-refractivity contribution >= 4 is 0 Å². The van der Waals surface area contributed by atoms with Gasteiger partial charge in [0.25, 0.3) is 5.89 Å². The molecular formula is C23H21FN4O. The summed E-state index contributed by atoms with van der Waals surface area (Å²) in [6.45, 7) is 0.812. The van der Waals surface area contributed by atoms with Gasteiger partial charge in [0.1, 0.15) is 5.82 Å². The number of nitrogens with one attached hydrogen (secondary N) is 1. The fourth-order valence-corrected chi connectivity index (χ4v) is 4.23. The van der Waals surface area contributed by atoms with Crippen LogP contribution in [0.4, 0.5) is 4.39 Å². The van der Waals surface area contributed by atoms with Crippen LogP contribution in [0, 0.1) is 17.1 Å². The van der Waals surface area contributed by atoms with Crippen molar-refractivity contribution in [1.82, 2.24) is 15.5 Å². The largest absolute Gasteiger partial charge is 0.334 e. The third kappa shape index (κ3) is 3.43. The van der Waals surface area contributed by atoms with Crippen molar-refractivity contribution in [2.24, 2.45) is 0 Å². The Balaban J connectivity index is 1.30. The van der Waals surface area contributed by atoms with Crippen molar-refractivity contribution in [3.8, 4) is 17.5 Å². The minimum Gasteiger partial charge on any atom is -0.334 e. The van der Waals surface area contributed by atoms with Crippen LogP contribution < -0.4 is 5.32 Å². The topological polar surface area (TPSA) is 74.7 Å². The van der Waals surface area contributed by atoms with Crippen LogP contribution in [-0.4, -0.2) is 22.7 Å². The molecule has 1 N–H and O–H groups in total. The number of nitrogens with zero attached hydrogens (tertiary/aromatic N) is 3. The van der Waals surface area contributed by atoms with Gasteiger partial charge in [0.15, 0.2) is 5.82 Å². The minimum absolute atomic E-state index is 0.128. The summed E-state index contributed by atoms with van der Waals surface area (Å²) >= 11 is 0. The van der Waals surface area contributed by atoms with Crippen LogP contribution in [0.1, 0.15) is 48.6 Å². The standard InChI is InChI=1S/C23H21FN4O/c24-18-10-15(13-25)9-17(11-18)21-27-22(28-29-21)23(7-4-8-23)14-26-20-12-19(20)16-5-2-1-3-6-16/h1-3,5-6,9-11,19-20,26H,4,7-8,12,14H2/t19?,20-/m0/s1. The molecule has 0 amide bonds. The van der Waals surface area contributed by atoms with Gasteiger partial charge >= 0.3 is 0 Å². The van der Waals surface area contributed by atoms with Gasteiger partial charge in [0, 0.05) is 29.5 Å². The van der Waals surface area contributed by atoms with Crippen LogP contribution in [0.15, 0.2) is 53.1 Å². The zero-order valence-electron chi connectivity index (χ0n) is 15.9. The Morgan fingerprint density at radius 1 is 1.21 bits per heavy atom. The van der Waals surface area contributed by atoms with E-state index in [4.69, 9.17) is 9.78 Å². The fraction of sp³-hybridized carbons (Fsp3) is 0.348. The molecule has 2 atom stereocenters. The molecule has 2 aliphatic carbocycles. The van der Waals surface area contributed by atoms with Gasteiger partial charge in [-0.05, 0) is 43.0 Å². The molecule has 2 saturated carbocycles. The van der Waals surface area contributed by atoms with Crippen molar-refractivity contribution in [1.29, 1.82) is 5.26 Å². The summed E-state index contributed by atoms with van der Waals surface area (Å²) in [5.74, 6) is 1.02. The number of nitriles is 1. The lowest BCUT2D eigenvalue weighted by Crippen LogP contribution is -2.45. The van der Waals surface area contributed by atoms with E-state index in [-0.39, 0.29) is 16.9 Å². The first-order valence-corrected chi connectivity index (χ1v) is 10.0. The van der Waals surface area contributed by atoms with Crippen molar-refractivity contribution < 1.29 is 8.91 Å². The monoisotopic (exact) mass is 388 g/mol. The average Bonchev–Trinajstić information content (AvgIpc) is 3.32. The molecule has 1 aromatic heterocycles. The Hall–Kier alpha value is -3.04. The van der Waals surface area contributed by atoms with Crippen LogP contribution in [-0.2, 0) is 5.41 Å². The average molecular weight is 388 g/mol. The van der Waals surface area contributed by atoms with E-state index < -0.39 is 5.82 Å². The maximum Gasteiger partial charge on any atom is 0.258 e. The van der Waals surface area contributed by atoms with E-state index in [0.29, 0.717) is 23.3 Å². The van der Waals surface area contributed by atoms with E-state index in [2.05, 4.69) is 39.7 Å². The lowest BCUT2D eigenvalue weighted by molar-refractivity contribution is 0.211. The second-order valence-corrected chi connectivity index (χ2v) is 8.14. The first-order valence-electron chi connectivity index (χ1n) is 10.0. The highest BCUT2D eigenvalue weighted by molar-refractivity contribution is 5.56. The van der Waals surface area contributed by atoms with E-state index in [1.54, 1.807) is 6.07 Å². The highest BCUT2D eigenvalue weighted by atomic mass is 19.1. The molecular weight excluding hydrogens is 367 g/mol. The first-order chi connectivity index (χ1) is 14.2. The Kier molecular flexibility index (Phi) is 4.40. The third-order valence-corrected chi connectivity index (χ3v) is 6.21. The minimum atomic E-state index is -0.487. The van der Waals surface area contributed by atoms with Crippen LogP contribution in [0.25, 0.3) is 11.5 Å². The number of benzene rings is 2. The zero-order chi connectivity index (χ0) is 19.8. The number of hydrogen-bond donors (Lipinski definition) is 1. The van der Waals surface area contributed by atoms with Crippen LogP contribution in [0.2, 0.25) is 0 Å². The highest BCUT2D eigenvalue weighted by Crippen LogP contribution is 2.45. The van der Waals surface area contributed by atoms with Crippen molar-refractivity contribution in [2.75, 3.05) is 6.54 Å². The summed E-state index contributed by atoms with van der Waals surface area (Å²) in [7, 11) is 0. The molecule has 0 saturated heterocycles. The summed E-state index contributed by atoms with van der Waals surface area (Å²) < 4.78 is 19.2. The van der Waals surface area contributed by atoms with Gasteiger partial charge < -0.3 is 9.84 Å². The maximum absolute atomic E-state index is 13.8. The van der Waals surface area contributed by atoms with Gasteiger partial charge in [0.05, 0.1) is 11.6 Å². The molecule has 29 heavy (non-hydrogen) atoms. The molecule has 3 aromatic rings. The Bertz CT molecular complexity index is 1070. The molecule has 2 fully saturated rings. The SMILES string of the molecule is N#Cc1cc(F)cc(-c2nc(C3(CN[C@H]4CC4c4ccccc4)CCC3)no2)c1. The van der Waals surface area contributed by atoms with Crippen molar-refractivity contribution in [3.63, 3.8) is 0 Å². The predicted octanol–water partition coefficient (Wildman–Crippen LogP) is 4.31. The molecule has 0 spiro atoms. The molecule has 2 aliphatic rings. The highest BCUT2D eigenvalue weighted by Gasteiger charge is 2.46. The summed E-state index contributed by atoms with van der Waals surface area (Å²) in [6, 6.07) is 17.1. The molecule has 1 heterocycles. The Morgan fingerprint density at radius 2 is 2.03 bits per heavy atom. The number of rotatable bonds is 6. The smallest absolute Gasteiger partial charge is 0.258 e. The lowest BCUT2D eigenvalue weighted by atomic mass is 9.68. The fourth-order valence-electron chi connectivity index (χ4n) is 4.23. The summed E-state index contributed by atoms with van der Waals surface area (Å²) in [5.41, 5.74) is 1.93. The van der Waals surface area contributed by atoms with Crippen molar-refractivity contribution in [3.05, 3.63) is 71.3 Å². The predicted molar refractivity (Wildman–Crippen MR) is 106 cm³/mol. The maximum atomic E-state index is 13.8. The summed E-state index contributed by atoms with van der Waals surface area (Å²) in [5, 5.41) is 17.0. The van der Waals surface area contributed by atoms with Gasteiger partial charge in [-0.2, -0.15) is 10.2 Å². The quantitative estimate of drug-likeness (QED) is 0.681. The number of hydrogen-bond acceptors (Lipinski definition) is 5.